The minimum Gasteiger partial charge on any atom is -0.497 e. The minimum absolute atomic E-state index is 0.322. The molecule has 0 spiro atoms. The number of amides is 2. The Hall–Kier alpha value is -3.55. The first-order chi connectivity index (χ1) is 12.9. The van der Waals surface area contributed by atoms with Crippen LogP contribution in [-0.2, 0) is 14.3 Å². The SMILES string of the molecule is COc1ccc(OCC(=O)O[C@@H](C)C(=O)Nc2ccc(C(N)=O)cc2)cc1. The fourth-order valence-electron chi connectivity index (χ4n) is 2.06. The van der Waals surface area contributed by atoms with Gasteiger partial charge >= 0.3 is 5.97 Å². The van der Waals surface area contributed by atoms with Crippen LogP contribution in [0.2, 0.25) is 0 Å². The highest BCUT2D eigenvalue weighted by Crippen LogP contribution is 2.17. The average Bonchev–Trinajstić information content (AvgIpc) is 2.67. The lowest BCUT2D eigenvalue weighted by Gasteiger charge is -2.14. The molecule has 0 aliphatic carbocycles. The third-order valence-electron chi connectivity index (χ3n) is 3.53. The number of hydrogen-bond acceptors (Lipinski definition) is 6. The van der Waals surface area contributed by atoms with E-state index in [1.165, 1.54) is 31.2 Å². The van der Waals surface area contributed by atoms with Gasteiger partial charge in [0.15, 0.2) is 12.7 Å². The Kier molecular flexibility index (Phi) is 6.76. The van der Waals surface area contributed by atoms with E-state index in [1.807, 2.05) is 0 Å². The monoisotopic (exact) mass is 372 g/mol. The molecule has 0 aromatic heterocycles. The average molecular weight is 372 g/mol. The van der Waals surface area contributed by atoms with Gasteiger partial charge in [-0.15, -0.1) is 0 Å². The van der Waals surface area contributed by atoms with E-state index >= 15 is 0 Å². The van der Waals surface area contributed by atoms with Crippen LogP contribution in [0.1, 0.15) is 17.3 Å². The molecule has 8 heteroatoms. The Morgan fingerprint density at radius 2 is 1.59 bits per heavy atom. The van der Waals surface area contributed by atoms with Gasteiger partial charge in [-0.25, -0.2) is 4.79 Å². The molecule has 0 heterocycles. The molecule has 0 saturated carbocycles. The second-order valence-electron chi connectivity index (χ2n) is 5.53. The number of anilines is 1. The standard InChI is InChI=1S/C19H20N2O6/c1-12(19(24)21-14-5-3-13(4-6-14)18(20)23)27-17(22)11-26-16-9-7-15(25-2)8-10-16/h3-10,12H,11H2,1-2H3,(H2,20,23)(H,21,24)/t12-/m0/s1. The van der Waals surface area contributed by atoms with Crippen molar-refractivity contribution in [2.45, 2.75) is 13.0 Å². The van der Waals surface area contributed by atoms with Crippen LogP contribution in [0.25, 0.3) is 0 Å². The molecule has 8 nitrogen and oxygen atoms in total. The number of carbonyl (C=O) groups is 3. The minimum atomic E-state index is -1.02. The van der Waals surface area contributed by atoms with Gasteiger partial charge in [0.1, 0.15) is 11.5 Å². The maximum Gasteiger partial charge on any atom is 0.344 e. The van der Waals surface area contributed by atoms with Crippen LogP contribution >= 0.6 is 0 Å². The van der Waals surface area contributed by atoms with Gasteiger partial charge < -0.3 is 25.3 Å². The second-order valence-corrected chi connectivity index (χ2v) is 5.53. The summed E-state index contributed by atoms with van der Waals surface area (Å²) < 4.78 is 15.4. The number of ether oxygens (including phenoxy) is 3. The number of rotatable bonds is 8. The summed E-state index contributed by atoms with van der Waals surface area (Å²) in [4.78, 5) is 34.9. The number of primary amides is 1. The molecular formula is C19H20N2O6. The van der Waals surface area contributed by atoms with Crippen molar-refractivity contribution >= 4 is 23.5 Å². The van der Waals surface area contributed by atoms with Crippen molar-refractivity contribution < 1.29 is 28.6 Å². The molecule has 0 aliphatic heterocycles. The zero-order valence-electron chi connectivity index (χ0n) is 14.9. The van der Waals surface area contributed by atoms with Gasteiger partial charge in [-0.1, -0.05) is 0 Å². The van der Waals surface area contributed by atoms with E-state index in [0.717, 1.165) is 0 Å². The van der Waals surface area contributed by atoms with E-state index in [9.17, 15) is 14.4 Å². The van der Waals surface area contributed by atoms with Crippen molar-refractivity contribution in [2.75, 3.05) is 19.0 Å². The van der Waals surface area contributed by atoms with Crippen LogP contribution in [0.4, 0.5) is 5.69 Å². The van der Waals surface area contributed by atoms with Crippen molar-refractivity contribution in [2.24, 2.45) is 5.73 Å². The molecule has 2 aromatic rings. The Morgan fingerprint density at radius 3 is 2.15 bits per heavy atom. The van der Waals surface area contributed by atoms with Crippen LogP contribution in [-0.4, -0.2) is 37.6 Å². The summed E-state index contributed by atoms with van der Waals surface area (Å²) in [5, 5.41) is 2.58. The summed E-state index contributed by atoms with van der Waals surface area (Å²) in [6.07, 6.45) is -1.02. The van der Waals surface area contributed by atoms with Gasteiger partial charge in [0.25, 0.3) is 5.91 Å². The maximum absolute atomic E-state index is 12.1. The highest BCUT2D eigenvalue weighted by atomic mass is 16.6. The second kappa shape index (κ2) is 9.23. The molecule has 2 aromatic carbocycles. The third kappa shape index (κ3) is 6.03. The molecule has 3 N–H and O–H groups in total. The van der Waals surface area contributed by atoms with Crippen LogP contribution in [0, 0.1) is 0 Å². The van der Waals surface area contributed by atoms with Crippen LogP contribution < -0.4 is 20.5 Å². The molecule has 0 aliphatic rings. The van der Waals surface area contributed by atoms with Crippen molar-refractivity contribution in [1.29, 1.82) is 0 Å². The van der Waals surface area contributed by atoms with E-state index in [2.05, 4.69) is 5.32 Å². The van der Waals surface area contributed by atoms with E-state index in [4.69, 9.17) is 19.9 Å². The van der Waals surface area contributed by atoms with E-state index in [-0.39, 0.29) is 6.61 Å². The number of nitrogens with two attached hydrogens (primary N) is 1. The Bertz CT molecular complexity index is 802. The van der Waals surface area contributed by atoms with Crippen LogP contribution in [0.5, 0.6) is 11.5 Å². The molecule has 2 amide bonds. The fourth-order valence-corrected chi connectivity index (χ4v) is 2.06. The molecule has 2 rings (SSSR count). The topological polar surface area (TPSA) is 117 Å². The van der Waals surface area contributed by atoms with Gasteiger partial charge in [-0.05, 0) is 55.5 Å². The lowest BCUT2D eigenvalue weighted by molar-refractivity contribution is -0.155. The predicted molar refractivity (Wildman–Crippen MR) is 97.6 cm³/mol. The van der Waals surface area contributed by atoms with Crippen molar-refractivity contribution in [1.82, 2.24) is 0 Å². The molecule has 0 fully saturated rings. The molecule has 0 unspecified atom stereocenters. The summed E-state index contributed by atoms with van der Waals surface area (Å²) >= 11 is 0. The lowest BCUT2D eigenvalue weighted by atomic mass is 10.2. The highest BCUT2D eigenvalue weighted by molar-refractivity contribution is 5.96. The van der Waals surface area contributed by atoms with Crippen molar-refractivity contribution in [3.05, 3.63) is 54.1 Å². The van der Waals surface area contributed by atoms with Crippen molar-refractivity contribution in [3.63, 3.8) is 0 Å². The maximum atomic E-state index is 12.1. The first kappa shape index (κ1) is 19.8. The van der Waals surface area contributed by atoms with Crippen LogP contribution in [0.15, 0.2) is 48.5 Å². The van der Waals surface area contributed by atoms with Gasteiger partial charge in [0.05, 0.1) is 7.11 Å². The zero-order chi connectivity index (χ0) is 19.8. The van der Waals surface area contributed by atoms with Gasteiger partial charge in [-0.3, -0.25) is 9.59 Å². The number of methoxy groups -OCH3 is 1. The summed E-state index contributed by atoms with van der Waals surface area (Å²) in [5.41, 5.74) is 5.92. The smallest absolute Gasteiger partial charge is 0.344 e. The summed E-state index contributed by atoms with van der Waals surface area (Å²) in [7, 11) is 1.55. The molecule has 0 bridgehead atoms. The quantitative estimate of drug-likeness (QED) is 0.682. The first-order valence-corrected chi connectivity index (χ1v) is 8.06. The molecule has 0 saturated heterocycles. The van der Waals surface area contributed by atoms with E-state index in [0.29, 0.717) is 22.7 Å². The summed E-state index contributed by atoms with van der Waals surface area (Å²) in [5.74, 6) is -0.623. The highest BCUT2D eigenvalue weighted by Gasteiger charge is 2.18. The van der Waals surface area contributed by atoms with E-state index < -0.39 is 23.9 Å². The lowest BCUT2D eigenvalue weighted by Crippen LogP contribution is -2.31. The number of carbonyl (C=O) groups excluding carboxylic acids is 3. The number of esters is 1. The number of benzene rings is 2. The summed E-state index contributed by atoms with van der Waals surface area (Å²) in [6, 6.07) is 12.7. The van der Waals surface area contributed by atoms with Gasteiger partial charge in [0, 0.05) is 11.3 Å². The molecule has 1 atom stereocenters. The Balaban J connectivity index is 1.80. The Labute approximate surface area is 156 Å². The molecule has 0 radical (unpaired) electrons. The molecular weight excluding hydrogens is 352 g/mol. The number of nitrogens with one attached hydrogen (secondary N) is 1. The predicted octanol–water partition coefficient (Wildman–Crippen LogP) is 1.74. The van der Waals surface area contributed by atoms with E-state index in [1.54, 1.807) is 31.4 Å². The van der Waals surface area contributed by atoms with Crippen molar-refractivity contribution in [3.8, 4) is 11.5 Å². The molecule has 27 heavy (non-hydrogen) atoms. The fraction of sp³-hybridized carbons (Fsp3) is 0.211. The normalized spacial score (nSPS) is 11.2. The third-order valence-corrected chi connectivity index (χ3v) is 3.53. The zero-order valence-corrected chi connectivity index (χ0v) is 14.9. The van der Waals surface area contributed by atoms with Crippen LogP contribution in [0.3, 0.4) is 0 Å². The Morgan fingerprint density at radius 1 is 1.00 bits per heavy atom. The van der Waals surface area contributed by atoms with Gasteiger partial charge in [0.2, 0.25) is 5.91 Å². The van der Waals surface area contributed by atoms with Gasteiger partial charge in [-0.2, -0.15) is 0 Å². The molecule has 142 valence electrons. The first-order valence-electron chi connectivity index (χ1n) is 8.06. The number of hydrogen-bond donors (Lipinski definition) is 2. The summed E-state index contributed by atoms with van der Waals surface area (Å²) in [6.45, 7) is 1.11. The largest absolute Gasteiger partial charge is 0.497 e.